The Hall–Kier alpha value is -2.05. The van der Waals surface area contributed by atoms with E-state index in [1.54, 1.807) is 4.90 Å². The van der Waals surface area contributed by atoms with Gasteiger partial charge in [-0.15, -0.1) is 0 Å². The first-order valence-electron chi connectivity index (χ1n) is 6.37. The number of rotatable bonds is 7. The van der Waals surface area contributed by atoms with Crippen LogP contribution in [0.2, 0.25) is 0 Å². The SMILES string of the molecule is CCCN(CCC)C(=O)Nc1cnn(CC(=O)O)c1. The molecule has 0 spiro atoms. The molecule has 0 aliphatic carbocycles. The number of carboxylic acid groups (broad SMARTS) is 1. The average molecular weight is 268 g/mol. The minimum atomic E-state index is -0.973. The second-order valence-electron chi connectivity index (χ2n) is 4.24. The third-order valence-corrected chi connectivity index (χ3v) is 2.46. The Balaban J connectivity index is 2.59. The molecule has 0 radical (unpaired) electrons. The maximum Gasteiger partial charge on any atom is 0.325 e. The first-order valence-corrected chi connectivity index (χ1v) is 6.37. The smallest absolute Gasteiger partial charge is 0.325 e. The molecular weight excluding hydrogens is 248 g/mol. The number of amides is 2. The fraction of sp³-hybridized carbons (Fsp3) is 0.583. The molecule has 0 unspecified atom stereocenters. The molecule has 1 aromatic heterocycles. The minimum Gasteiger partial charge on any atom is -0.480 e. The summed E-state index contributed by atoms with van der Waals surface area (Å²) in [4.78, 5) is 24.2. The summed E-state index contributed by atoms with van der Waals surface area (Å²) >= 11 is 0. The fourth-order valence-corrected chi connectivity index (χ4v) is 1.71. The molecule has 2 N–H and O–H groups in total. The predicted molar refractivity (Wildman–Crippen MR) is 71.0 cm³/mol. The zero-order chi connectivity index (χ0) is 14.3. The van der Waals surface area contributed by atoms with Crippen LogP contribution in [0.15, 0.2) is 12.4 Å². The van der Waals surface area contributed by atoms with Crippen LogP contribution in [0.1, 0.15) is 26.7 Å². The third kappa shape index (κ3) is 4.99. The lowest BCUT2D eigenvalue weighted by Gasteiger charge is -2.21. The summed E-state index contributed by atoms with van der Waals surface area (Å²) in [7, 11) is 0. The fourth-order valence-electron chi connectivity index (χ4n) is 1.71. The van der Waals surface area contributed by atoms with Gasteiger partial charge < -0.3 is 15.3 Å². The van der Waals surface area contributed by atoms with Gasteiger partial charge in [0.25, 0.3) is 0 Å². The molecule has 0 saturated carbocycles. The van der Waals surface area contributed by atoms with Gasteiger partial charge in [0.05, 0.1) is 11.9 Å². The van der Waals surface area contributed by atoms with Crippen molar-refractivity contribution in [3.8, 4) is 0 Å². The Morgan fingerprint density at radius 1 is 1.37 bits per heavy atom. The number of carboxylic acids is 1. The average Bonchev–Trinajstić information content (AvgIpc) is 2.75. The molecule has 0 aliphatic heterocycles. The van der Waals surface area contributed by atoms with E-state index in [9.17, 15) is 9.59 Å². The predicted octanol–water partition coefficient (Wildman–Crippen LogP) is 1.62. The van der Waals surface area contributed by atoms with Gasteiger partial charge in [0.1, 0.15) is 6.54 Å². The van der Waals surface area contributed by atoms with Crippen molar-refractivity contribution >= 4 is 17.7 Å². The molecule has 0 aliphatic rings. The van der Waals surface area contributed by atoms with Crippen LogP contribution in [0, 0.1) is 0 Å². The van der Waals surface area contributed by atoms with E-state index >= 15 is 0 Å². The molecule has 106 valence electrons. The Morgan fingerprint density at radius 3 is 2.53 bits per heavy atom. The molecule has 0 aromatic carbocycles. The monoisotopic (exact) mass is 268 g/mol. The molecule has 1 heterocycles. The van der Waals surface area contributed by atoms with Crippen molar-refractivity contribution in [1.29, 1.82) is 0 Å². The molecular formula is C12H20N4O3. The highest BCUT2D eigenvalue weighted by atomic mass is 16.4. The summed E-state index contributed by atoms with van der Waals surface area (Å²) in [6.45, 7) is 5.21. The topological polar surface area (TPSA) is 87.5 Å². The highest BCUT2D eigenvalue weighted by Gasteiger charge is 2.12. The maximum atomic E-state index is 12.0. The number of anilines is 1. The first kappa shape index (κ1) is 15.0. The highest BCUT2D eigenvalue weighted by molar-refractivity contribution is 5.89. The molecule has 2 amide bonds. The van der Waals surface area contributed by atoms with Crippen LogP contribution < -0.4 is 5.32 Å². The van der Waals surface area contributed by atoms with Crippen molar-refractivity contribution in [2.75, 3.05) is 18.4 Å². The summed E-state index contributed by atoms with van der Waals surface area (Å²) in [6, 6.07) is -0.182. The van der Waals surface area contributed by atoms with Crippen molar-refractivity contribution < 1.29 is 14.7 Å². The van der Waals surface area contributed by atoms with Crippen LogP contribution in [0.4, 0.5) is 10.5 Å². The summed E-state index contributed by atoms with van der Waals surface area (Å²) in [5.41, 5.74) is 0.503. The number of carbonyl (C=O) groups is 2. The number of urea groups is 1. The number of nitrogens with one attached hydrogen (secondary N) is 1. The van der Waals surface area contributed by atoms with Gasteiger partial charge in [0.2, 0.25) is 0 Å². The van der Waals surface area contributed by atoms with Crippen LogP contribution in [-0.2, 0) is 11.3 Å². The molecule has 7 heteroatoms. The van der Waals surface area contributed by atoms with E-state index in [1.807, 2.05) is 13.8 Å². The van der Waals surface area contributed by atoms with Crippen LogP contribution >= 0.6 is 0 Å². The van der Waals surface area contributed by atoms with Gasteiger partial charge in [-0.2, -0.15) is 5.10 Å². The summed E-state index contributed by atoms with van der Waals surface area (Å²) < 4.78 is 1.27. The molecule has 19 heavy (non-hydrogen) atoms. The number of aromatic nitrogens is 2. The second kappa shape index (κ2) is 7.40. The van der Waals surface area contributed by atoms with Crippen LogP contribution in [0.3, 0.4) is 0 Å². The summed E-state index contributed by atoms with van der Waals surface area (Å²) in [5, 5.41) is 15.2. The Labute approximate surface area is 112 Å². The maximum absolute atomic E-state index is 12.0. The van der Waals surface area contributed by atoms with Gasteiger partial charge in [-0.25, -0.2) is 4.79 Å². The van der Waals surface area contributed by atoms with E-state index in [0.717, 1.165) is 12.8 Å². The zero-order valence-electron chi connectivity index (χ0n) is 11.3. The van der Waals surface area contributed by atoms with E-state index in [0.29, 0.717) is 18.8 Å². The van der Waals surface area contributed by atoms with E-state index < -0.39 is 5.97 Å². The number of carbonyl (C=O) groups excluding carboxylic acids is 1. The van der Waals surface area contributed by atoms with Gasteiger partial charge in [0.15, 0.2) is 0 Å². The Morgan fingerprint density at radius 2 is 2.00 bits per heavy atom. The van der Waals surface area contributed by atoms with Gasteiger partial charge in [-0.3, -0.25) is 9.48 Å². The Kier molecular flexibility index (Phi) is 5.84. The van der Waals surface area contributed by atoms with Gasteiger partial charge in [0, 0.05) is 19.3 Å². The van der Waals surface area contributed by atoms with Crippen LogP contribution in [0.5, 0.6) is 0 Å². The molecule has 7 nitrogen and oxygen atoms in total. The second-order valence-corrected chi connectivity index (χ2v) is 4.24. The van der Waals surface area contributed by atoms with E-state index in [1.165, 1.54) is 17.1 Å². The summed E-state index contributed by atoms with van der Waals surface area (Å²) in [5.74, 6) is -0.973. The Bertz CT molecular complexity index is 424. The first-order chi connectivity index (χ1) is 9.06. The van der Waals surface area contributed by atoms with Crippen LogP contribution in [-0.4, -0.2) is 44.9 Å². The lowest BCUT2D eigenvalue weighted by Crippen LogP contribution is -2.36. The molecule has 0 bridgehead atoms. The van der Waals surface area contributed by atoms with Crippen molar-refractivity contribution in [2.24, 2.45) is 0 Å². The number of hydrogen-bond donors (Lipinski definition) is 2. The number of aliphatic carboxylic acids is 1. The number of nitrogens with zero attached hydrogens (tertiary/aromatic N) is 3. The third-order valence-electron chi connectivity index (χ3n) is 2.46. The normalized spacial score (nSPS) is 10.2. The molecule has 1 aromatic rings. The number of hydrogen-bond acceptors (Lipinski definition) is 3. The molecule has 1 rings (SSSR count). The van der Waals surface area contributed by atoms with Crippen molar-refractivity contribution in [3.63, 3.8) is 0 Å². The van der Waals surface area contributed by atoms with Gasteiger partial charge >= 0.3 is 12.0 Å². The minimum absolute atomic E-state index is 0.182. The summed E-state index contributed by atoms with van der Waals surface area (Å²) in [6.07, 6.45) is 4.73. The molecule has 0 fully saturated rings. The van der Waals surface area contributed by atoms with Crippen molar-refractivity contribution in [1.82, 2.24) is 14.7 Å². The van der Waals surface area contributed by atoms with Gasteiger partial charge in [-0.05, 0) is 12.8 Å². The highest BCUT2D eigenvalue weighted by Crippen LogP contribution is 2.07. The van der Waals surface area contributed by atoms with Gasteiger partial charge in [-0.1, -0.05) is 13.8 Å². The largest absolute Gasteiger partial charge is 0.480 e. The van der Waals surface area contributed by atoms with Crippen LogP contribution in [0.25, 0.3) is 0 Å². The molecule has 0 atom stereocenters. The van der Waals surface area contributed by atoms with E-state index in [4.69, 9.17) is 5.11 Å². The standard InChI is InChI=1S/C12H20N4O3/c1-3-5-15(6-4-2)12(19)14-10-7-13-16(8-10)9-11(17)18/h7-8H,3-6,9H2,1-2H3,(H,14,19)(H,17,18). The lowest BCUT2D eigenvalue weighted by molar-refractivity contribution is -0.137. The lowest BCUT2D eigenvalue weighted by atomic mass is 10.4. The van der Waals surface area contributed by atoms with Crippen molar-refractivity contribution in [3.05, 3.63) is 12.4 Å². The van der Waals surface area contributed by atoms with E-state index in [2.05, 4.69) is 10.4 Å². The molecule has 0 saturated heterocycles. The quantitative estimate of drug-likeness (QED) is 0.786. The van der Waals surface area contributed by atoms with Crippen molar-refractivity contribution in [2.45, 2.75) is 33.2 Å². The zero-order valence-corrected chi connectivity index (χ0v) is 11.3. The van der Waals surface area contributed by atoms with E-state index in [-0.39, 0.29) is 12.6 Å².